The minimum absolute atomic E-state index is 0.0885. The number of carbonyl (C=O) groups excluding carboxylic acids is 2. The Balaban J connectivity index is 1.50. The van der Waals surface area contributed by atoms with Gasteiger partial charge in [-0.2, -0.15) is 5.10 Å². The van der Waals surface area contributed by atoms with Crippen molar-refractivity contribution < 1.29 is 19.5 Å². The standard InChI is InChI=1S/C16H15N7O5S4/c1-22-16(18-4-19-22)32-5-31-7-3-29-13-8(12(25)23(13)10(7)14(26)27)11(24)9(21-28)6-2-30-15(17)20-6/h2,4,8-9,13H,3,5H2,1H3,(H2,17,20)(H,26,27)/t8-,9?,13+/m1/s1. The van der Waals surface area contributed by atoms with Crippen molar-refractivity contribution >= 4 is 69.4 Å². The Hall–Kier alpha value is -2.43. The third kappa shape index (κ3) is 4.02. The van der Waals surface area contributed by atoms with Gasteiger partial charge in [-0.3, -0.25) is 14.5 Å². The first-order chi connectivity index (χ1) is 15.3. The fourth-order valence-electron chi connectivity index (χ4n) is 3.25. The van der Waals surface area contributed by atoms with Crippen LogP contribution < -0.4 is 5.73 Å². The second-order valence-electron chi connectivity index (χ2n) is 6.56. The molecule has 1 unspecified atom stereocenters. The van der Waals surface area contributed by atoms with Crippen LogP contribution in [0.15, 0.2) is 32.6 Å². The minimum Gasteiger partial charge on any atom is -0.477 e. The number of ketones is 1. The fourth-order valence-corrected chi connectivity index (χ4v) is 7.53. The number of hydrogen-bond acceptors (Lipinski definition) is 13. The van der Waals surface area contributed by atoms with Crippen LogP contribution in [0.1, 0.15) is 11.7 Å². The van der Waals surface area contributed by atoms with Gasteiger partial charge in [0.25, 0.3) is 0 Å². The van der Waals surface area contributed by atoms with Crippen LogP contribution in [0, 0.1) is 10.8 Å². The van der Waals surface area contributed by atoms with Gasteiger partial charge < -0.3 is 10.8 Å². The van der Waals surface area contributed by atoms with Crippen molar-refractivity contribution in [3.05, 3.63) is 32.9 Å². The number of anilines is 1. The number of nitroso groups, excluding NO2 is 1. The number of aromatic nitrogens is 4. The zero-order valence-corrected chi connectivity index (χ0v) is 19.5. The van der Waals surface area contributed by atoms with E-state index in [1.807, 2.05) is 0 Å². The number of thiazole rings is 1. The third-order valence-electron chi connectivity index (χ3n) is 4.73. The number of nitrogens with zero attached hydrogens (tertiary/aromatic N) is 6. The Bertz CT molecular complexity index is 1130. The summed E-state index contributed by atoms with van der Waals surface area (Å²) in [7, 11) is 1.75. The summed E-state index contributed by atoms with van der Waals surface area (Å²) < 4.78 is 1.60. The SMILES string of the molecule is Cn1ncnc1SCSC1=C(C(=O)O)N2C(=O)[C@@H](C(=O)C(N=O)c3csc(N)n3)[C@@H]2SC1. The summed E-state index contributed by atoms with van der Waals surface area (Å²) >= 11 is 5.01. The van der Waals surface area contributed by atoms with Crippen LogP contribution >= 0.6 is 46.6 Å². The maximum atomic E-state index is 12.9. The molecule has 12 nitrogen and oxygen atoms in total. The molecule has 16 heteroatoms. The summed E-state index contributed by atoms with van der Waals surface area (Å²) in [5, 5.41) is 18.6. The maximum Gasteiger partial charge on any atom is 0.353 e. The smallest absolute Gasteiger partial charge is 0.353 e. The van der Waals surface area contributed by atoms with Gasteiger partial charge in [-0.25, -0.2) is 19.4 Å². The molecule has 1 amide bonds. The number of Topliss-reactive ketones (excluding diaryl/α,β-unsaturated/α-hetero) is 1. The summed E-state index contributed by atoms with van der Waals surface area (Å²) in [6.07, 6.45) is 1.42. The predicted molar refractivity (Wildman–Crippen MR) is 121 cm³/mol. The number of carboxylic acid groups (broad SMARTS) is 1. The highest BCUT2D eigenvalue weighted by molar-refractivity contribution is 8.18. The lowest BCUT2D eigenvalue weighted by Crippen LogP contribution is -2.64. The molecule has 3 atom stereocenters. The monoisotopic (exact) mass is 513 g/mol. The molecule has 0 aliphatic carbocycles. The number of aryl methyl sites for hydroxylation is 1. The molecule has 4 rings (SSSR count). The molecule has 32 heavy (non-hydrogen) atoms. The Morgan fingerprint density at radius 3 is 2.81 bits per heavy atom. The number of β-lactam (4-membered cyclic amide) rings is 1. The largest absolute Gasteiger partial charge is 0.477 e. The number of amides is 1. The van der Waals surface area contributed by atoms with Crippen LogP contribution in [0.2, 0.25) is 0 Å². The molecule has 3 N–H and O–H groups in total. The lowest BCUT2D eigenvalue weighted by Gasteiger charge is -2.48. The molecular formula is C16H15N7O5S4. The van der Waals surface area contributed by atoms with Crippen LogP contribution in [0.25, 0.3) is 0 Å². The van der Waals surface area contributed by atoms with Gasteiger partial charge in [-0.05, 0) is 0 Å². The molecule has 1 saturated heterocycles. The molecule has 168 valence electrons. The number of nitrogens with two attached hydrogens (primary N) is 1. The average molecular weight is 514 g/mol. The van der Waals surface area contributed by atoms with Crippen molar-refractivity contribution in [2.45, 2.75) is 16.6 Å². The summed E-state index contributed by atoms with van der Waals surface area (Å²) in [5.41, 5.74) is 5.51. The molecule has 2 aliphatic rings. The van der Waals surface area contributed by atoms with Crippen molar-refractivity contribution in [1.82, 2.24) is 24.6 Å². The molecule has 2 aromatic heterocycles. The highest BCUT2D eigenvalue weighted by Crippen LogP contribution is 2.48. The number of fused-ring (bicyclic) bond motifs is 1. The van der Waals surface area contributed by atoms with Crippen LogP contribution in [0.5, 0.6) is 0 Å². The second-order valence-corrected chi connectivity index (χ2v) is 10.9. The minimum atomic E-state index is -1.46. The first-order valence-corrected chi connectivity index (χ1v) is 12.8. The molecule has 0 aromatic carbocycles. The van der Waals surface area contributed by atoms with E-state index in [1.165, 1.54) is 47.0 Å². The van der Waals surface area contributed by atoms with E-state index in [2.05, 4.69) is 20.2 Å². The highest BCUT2D eigenvalue weighted by atomic mass is 32.2. The molecule has 0 bridgehead atoms. The molecular weight excluding hydrogens is 498 g/mol. The number of thioether (sulfide) groups is 3. The number of aliphatic carboxylic acids is 1. The van der Waals surface area contributed by atoms with Crippen molar-refractivity contribution in [3.63, 3.8) is 0 Å². The van der Waals surface area contributed by atoms with Gasteiger partial charge in [0.05, 0.1) is 10.8 Å². The Labute approximate surface area is 197 Å². The molecule has 0 saturated carbocycles. The Kier molecular flexibility index (Phi) is 6.55. The first kappa shape index (κ1) is 22.8. The summed E-state index contributed by atoms with van der Waals surface area (Å²) in [5.74, 6) is -3.48. The van der Waals surface area contributed by atoms with E-state index in [4.69, 9.17) is 5.73 Å². The summed E-state index contributed by atoms with van der Waals surface area (Å²) in [4.78, 5) is 58.7. The lowest BCUT2D eigenvalue weighted by molar-refractivity contribution is -0.157. The molecule has 1 fully saturated rings. The number of rotatable bonds is 9. The third-order valence-corrected chi connectivity index (χ3v) is 9.14. The predicted octanol–water partition coefficient (Wildman–Crippen LogP) is 1.54. The van der Waals surface area contributed by atoms with E-state index in [1.54, 1.807) is 11.7 Å². The van der Waals surface area contributed by atoms with Gasteiger partial charge in [0, 0.05) is 23.1 Å². The zero-order chi connectivity index (χ0) is 23.0. The Morgan fingerprint density at radius 2 is 2.22 bits per heavy atom. The molecule has 0 radical (unpaired) electrons. The van der Waals surface area contributed by atoms with E-state index in [9.17, 15) is 24.4 Å². The number of carboxylic acids is 1. The molecule has 2 aliphatic heterocycles. The van der Waals surface area contributed by atoms with Gasteiger partial charge in [0.15, 0.2) is 22.1 Å². The van der Waals surface area contributed by atoms with Crippen LogP contribution in [-0.2, 0) is 21.4 Å². The topological polar surface area (TPSA) is 174 Å². The van der Waals surface area contributed by atoms with Crippen molar-refractivity contribution in [2.24, 2.45) is 18.1 Å². The van der Waals surface area contributed by atoms with E-state index >= 15 is 0 Å². The normalized spacial score (nSPS) is 21.2. The summed E-state index contributed by atoms with van der Waals surface area (Å²) in [6, 6.07) is -1.46. The van der Waals surface area contributed by atoms with Gasteiger partial charge in [-0.1, -0.05) is 16.9 Å². The highest BCUT2D eigenvalue weighted by Gasteiger charge is 2.58. The van der Waals surface area contributed by atoms with Crippen molar-refractivity contribution in [3.8, 4) is 0 Å². The van der Waals surface area contributed by atoms with E-state index < -0.39 is 35.0 Å². The van der Waals surface area contributed by atoms with E-state index in [0.717, 1.165) is 16.2 Å². The van der Waals surface area contributed by atoms with Crippen molar-refractivity contribution in [1.29, 1.82) is 0 Å². The van der Waals surface area contributed by atoms with Gasteiger partial charge in [0.2, 0.25) is 5.91 Å². The maximum absolute atomic E-state index is 12.9. The van der Waals surface area contributed by atoms with Crippen LogP contribution in [0.4, 0.5) is 5.13 Å². The average Bonchev–Trinajstić information content (AvgIpc) is 3.36. The number of carbonyl (C=O) groups is 3. The number of hydrogen-bond donors (Lipinski definition) is 2. The zero-order valence-electron chi connectivity index (χ0n) is 16.3. The van der Waals surface area contributed by atoms with Gasteiger partial charge >= 0.3 is 5.97 Å². The van der Waals surface area contributed by atoms with Crippen LogP contribution in [0.3, 0.4) is 0 Å². The van der Waals surface area contributed by atoms with Crippen molar-refractivity contribution in [2.75, 3.05) is 16.6 Å². The first-order valence-electron chi connectivity index (χ1n) is 8.91. The van der Waals surface area contributed by atoms with E-state index in [0.29, 0.717) is 20.9 Å². The van der Waals surface area contributed by atoms with E-state index in [-0.39, 0.29) is 16.5 Å². The molecule has 0 spiro atoms. The van der Waals surface area contributed by atoms with Gasteiger partial charge in [-0.15, -0.1) is 39.8 Å². The quantitative estimate of drug-likeness (QED) is 0.163. The Morgan fingerprint density at radius 1 is 1.44 bits per heavy atom. The van der Waals surface area contributed by atoms with Gasteiger partial charge in [0.1, 0.15) is 23.3 Å². The van der Waals surface area contributed by atoms with Crippen LogP contribution in [-0.4, -0.2) is 63.6 Å². The molecule has 2 aromatic rings. The fraction of sp³-hybridized carbons (Fsp3) is 0.375. The lowest BCUT2D eigenvalue weighted by atomic mass is 9.87. The molecule has 4 heterocycles. The second kappa shape index (κ2) is 9.21. The number of nitrogen functional groups attached to an aromatic ring is 1. The summed E-state index contributed by atoms with van der Waals surface area (Å²) in [6.45, 7) is 0.